The van der Waals surface area contributed by atoms with Gasteiger partial charge < -0.3 is 10.2 Å². The monoisotopic (exact) mass is 295 g/mol. The zero-order valence-corrected chi connectivity index (χ0v) is 13.9. The van der Waals surface area contributed by atoms with Crippen LogP contribution >= 0.6 is 11.8 Å². The maximum Gasteiger partial charge on any atom is 0.272 e. The van der Waals surface area contributed by atoms with Crippen molar-refractivity contribution in [3.05, 3.63) is 24.0 Å². The van der Waals surface area contributed by atoms with Crippen LogP contribution in [0.5, 0.6) is 0 Å². The Hall–Kier alpha value is -1.23. The minimum Gasteiger partial charge on any atom is -0.384 e. The Kier molecular flexibility index (Phi) is 6.33. The van der Waals surface area contributed by atoms with E-state index < -0.39 is 0 Å². The summed E-state index contributed by atoms with van der Waals surface area (Å²) in [6, 6.07) is 3.72. The summed E-state index contributed by atoms with van der Waals surface area (Å²) >= 11 is 1.90. The van der Waals surface area contributed by atoms with Gasteiger partial charge in [-0.3, -0.25) is 9.78 Å². The molecule has 0 aromatic carbocycles. The van der Waals surface area contributed by atoms with Crippen molar-refractivity contribution in [3.8, 4) is 0 Å². The number of hydrogen-bond donors (Lipinski definition) is 1. The fourth-order valence-electron chi connectivity index (χ4n) is 2.01. The van der Waals surface area contributed by atoms with Gasteiger partial charge in [-0.15, -0.1) is 0 Å². The molecule has 0 fully saturated rings. The van der Waals surface area contributed by atoms with Gasteiger partial charge in [0.1, 0.15) is 5.69 Å². The van der Waals surface area contributed by atoms with Gasteiger partial charge in [-0.25, -0.2) is 0 Å². The number of carbonyl (C=O) groups is 1. The molecule has 5 heteroatoms. The van der Waals surface area contributed by atoms with E-state index in [2.05, 4.69) is 30.4 Å². The maximum absolute atomic E-state index is 11.9. The molecule has 1 rings (SSSR count). The SMILES string of the molecule is CCC(CC)(CNc1ccnc(C(=O)N(C)C)c1)SC. The Morgan fingerprint density at radius 2 is 2.05 bits per heavy atom. The molecule has 0 saturated carbocycles. The largest absolute Gasteiger partial charge is 0.384 e. The number of nitrogens with one attached hydrogen (secondary N) is 1. The Balaban J connectivity index is 2.79. The molecule has 0 unspecified atom stereocenters. The van der Waals surface area contributed by atoms with Crippen molar-refractivity contribution < 1.29 is 4.79 Å². The molecule has 1 aromatic heterocycles. The molecule has 4 nitrogen and oxygen atoms in total. The van der Waals surface area contributed by atoms with Crippen molar-refractivity contribution in [2.45, 2.75) is 31.4 Å². The molecule has 1 amide bonds. The molecule has 0 aliphatic heterocycles. The third-order valence-corrected chi connectivity index (χ3v) is 5.31. The van der Waals surface area contributed by atoms with E-state index >= 15 is 0 Å². The van der Waals surface area contributed by atoms with Gasteiger partial charge in [0.05, 0.1) is 0 Å². The Morgan fingerprint density at radius 1 is 1.40 bits per heavy atom. The van der Waals surface area contributed by atoms with Gasteiger partial charge >= 0.3 is 0 Å². The number of nitrogens with zero attached hydrogens (tertiary/aromatic N) is 2. The first-order valence-electron chi connectivity index (χ1n) is 6.94. The van der Waals surface area contributed by atoms with E-state index in [1.807, 2.05) is 23.9 Å². The molecule has 1 heterocycles. The van der Waals surface area contributed by atoms with E-state index in [0.717, 1.165) is 25.1 Å². The molecule has 0 aliphatic carbocycles. The summed E-state index contributed by atoms with van der Waals surface area (Å²) in [7, 11) is 3.47. The number of thioether (sulfide) groups is 1. The fourth-order valence-corrected chi connectivity index (χ4v) is 2.80. The van der Waals surface area contributed by atoms with E-state index in [1.54, 1.807) is 20.3 Å². The number of pyridine rings is 1. The molecule has 0 bridgehead atoms. The van der Waals surface area contributed by atoms with Crippen molar-refractivity contribution in [2.75, 3.05) is 32.2 Å². The van der Waals surface area contributed by atoms with E-state index in [9.17, 15) is 4.79 Å². The van der Waals surface area contributed by atoms with Gasteiger partial charge in [0, 0.05) is 37.3 Å². The van der Waals surface area contributed by atoms with Crippen molar-refractivity contribution >= 4 is 23.4 Å². The second-order valence-electron chi connectivity index (χ2n) is 5.08. The molecular formula is C15H25N3OS. The van der Waals surface area contributed by atoms with Crippen molar-refractivity contribution in [1.82, 2.24) is 9.88 Å². The standard InChI is InChI=1S/C15H25N3OS/c1-6-15(7-2,20-5)11-17-12-8-9-16-13(10-12)14(19)18(3)4/h8-10H,6-7,11H2,1-5H3,(H,16,17). The number of carbonyl (C=O) groups excluding carboxylic acids is 1. The van der Waals surface area contributed by atoms with Gasteiger partial charge in [-0.1, -0.05) is 13.8 Å². The third kappa shape index (κ3) is 4.13. The molecule has 112 valence electrons. The van der Waals surface area contributed by atoms with E-state index in [0.29, 0.717) is 5.69 Å². The number of aromatic nitrogens is 1. The average Bonchev–Trinajstić information content (AvgIpc) is 2.48. The van der Waals surface area contributed by atoms with Crippen molar-refractivity contribution in [1.29, 1.82) is 0 Å². The maximum atomic E-state index is 11.9. The Labute approximate surface area is 126 Å². The minimum absolute atomic E-state index is 0.0734. The zero-order valence-electron chi connectivity index (χ0n) is 13.1. The quantitative estimate of drug-likeness (QED) is 0.839. The van der Waals surface area contributed by atoms with Gasteiger partial charge in [-0.05, 0) is 31.2 Å². The third-order valence-electron chi connectivity index (χ3n) is 3.72. The van der Waals surface area contributed by atoms with E-state index in [1.165, 1.54) is 4.90 Å². The van der Waals surface area contributed by atoms with Gasteiger partial charge in [0.15, 0.2) is 0 Å². The summed E-state index contributed by atoms with van der Waals surface area (Å²) in [5.41, 5.74) is 1.42. The highest BCUT2D eigenvalue weighted by atomic mass is 32.2. The Bertz CT molecular complexity index is 436. The predicted octanol–water partition coefficient (Wildman–Crippen LogP) is 3.12. The second-order valence-corrected chi connectivity index (χ2v) is 6.35. The van der Waals surface area contributed by atoms with E-state index in [4.69, 9.17) is 0 Å². The first kappa shape index (κ1) is 16.8. The molecule has 1 N–H and O–H groups in total. The summed E-state index contributed by atoms with van der Waals surface area (Å²) in [6.45, 7) is 5.32. The van der Waals surface area contributed by atoms with Crippen LogP contribution in [0.1, 0.15) is 37.2 Å². The van der Waals surface area contributed by atoms with Crippen molar-refractivity contribution in [2.24, 2.45) is 0 Å². The lowest BCUT2D eigenvalue weighted by molar-refractivity contribution is 0.0822. The number of anilines is 1. The summed E-state index contributed by atoms with van der Waals surface area (Å²) in [6.07, 6.45) is 6.07. The molecule has 1 aromatic rings. The van der Waals surface area contributed by atoms with Crippen LogP contribution in [0.15, 0.2) is 18.3 Å². The summed E-state index contributed by atoms with van der Waals surface area (Å²) < 4.78 is 0.245. The Morgan fingerprint density at radius 3 is 2.55 bits per heavy atom. The molecule has 0 radical (unpaired) electrons. The zero-order chi connectivity index (χ0) is 15.2. The molecule has 0 spiro atoms. The van der Waals surface area contributed by atoms with Crippen LogP contribution in [-0.2, 0) is 0 Å². The highest BCUT2D eigenvalue weighted by Gasteiger charge is 2.24. The molecule has 20 heavy (non-hydrogen) atoms. The van der Waals surface area contributed by atoms with E-state index in [-0.39, 0.29) is 10.7 Å². The van der Waals surface area contributed by atoms with Crippen LogP contribution < -0.4 is 5.32 Å². The van der Waals surface area contributed by atoms with Crippen LogP contribution in [0.2, 0.25) is 0 Å². The summed E-state index contributed by atoms with van der Waals surface area (Å²) in [5, 5.41) is 3.44. The minimum atomic E-state index is -0.0734. The topological polar surface area (TPSA) is 45.2 Å². The summed E-state index contributed by atoms with van der Waals surface area (Å²) in [5.74, 6) is -0.0734. The first-order valence-corrected chi connectivity index (χ1v) is 8.17. The lowest BCUT2D eigenvalue weighted by atomic mass is 10.0. The molecular weight excluding hydrogens is 270 g/mol. The van der Waals surface area contributed by atoms with Crippen LogP contribution in [-0.4, -0.2) is 47.4 Å². The number of amides is 1. The molecule has 0 atom stereocenters. The average molecular weight is 295 g/mol. The predicted molar refractivity (Wildman–Crippen MR) is 87.6 cm³/mol. The molecule has 0 aliphatic rings. The highest BCUT2D eigenvalue weighted by molar-refractivity contribution is 8.00. The molecule has 0 saturated heterocycles. The van der Waals surface area contributed by atoms with Crippen LogP contribution in [0.4, 0.5) is 5.69 Å². The van der Waals surface area contributed by atoms with Gasteiger partial charge in [0.2, 0.25) is 0 Å². The lowest BCUT2D eigenvalue weighted by Crippen LogP contribution is -2.32. The smallest absolute Gasteiger partial charge is 0.272 e. The first-order chi connectivity index (χ1) is 9.48. The van der Waals surface area contributed by atoms with Gasteiger partial charge in [-0.2, -0.15) is 11.8 Å². The second kappa shape index (κ2) is 7.53. The summed E-state index contributed by atoms with van der Waals surface area (Å²) in [4.78, 5) is 17.6. The fraction of sp³-hybridized carbons (Fsp3) is 0.600. The van der Waals surface area contributed by atoms with Crippen LogP contribution in [0.25, 0.3) is 0 Å². The number of rotatable bonds is 7. The van der Waals surface area contributed by atoms with Crippen LogP contribution in [0.3, 0.4) is 0 Å². The highest BCUT2D eigenvalue weighted by Crippen LogP contribution is 2.30. The normalized spacial score (nSPS) is 11.2. The lowest BCUT2D eigenvalue weighted by Gasteiger charge is -2.30. The van der Waals surface area contributed by atoms with Crippen LogP contribution in [0, 0.1) is 0 Å². The number of hydrogen-bond acceptors (Lipinski definition) is 4. The van der Waals surface area contributed by atoms with Crippen molar-refractivity contribution in [3.63, 3.8) is 0 Å². The van der Waals surface area contributed by atoms with Gasteiger partial charge in [0.25, 0.3) is 5.91 Å².